The van der Waals surface area contributed by atoms with E-state index in [9.17, 15) is 0 Å². The van der Waals surface area contributed by atoms with E-state index >= 15 is 0 Å². The number of aliphatic hydroxyl groups is 1. The van der Waals surface area contributed by atoms with Gasteiger partial charge in [-0.1, -0.05) is 0 Å². The molecule has 0 saturated carbocycles. The standard InChI is InChI=1S/C9H9BrN2O/c1-6(13)2-7-3-8(10)9(4-11)12-5-7/h3,5-6,13H,2H2,1H3. The minimum absolute atomic E-state index is 0.370. The summed E-state index contributed by atoms with van der Waals surface area (Å²) in [6.45, 7) is 1.71. The molecule has 1 aromatic heterocycles. The Morgan fingerprint density at radius 1 is 1.77 bits per heavy atom. The summed E-state index contributed by atoms with van der Waals surface area (Å²) < 4.78 is 0.674. The van der Waals surface area contributed by atoms with Crippen molar-refractivity contribution in [1.29, 1.82) is 5.26 Å². The molecule has 0 aliphatic rings. The average molecular weight is 241 g/mol. The van der Waals surface area contributed by atoms with Gasteiger partial charge in [-0.2, -0.15) is 5.26 Å². The fraction of sp³-hybridized carbons (Fsp3) is 0.333. The van der Waals surface area contributed by atoms with Gasteiger partial charge in [-0.3, -0.25) is 0 Å². The fourth-order valence-electron chi connectivity index (χ4n) is 1.01. The van der Waals surface area contributed by atoms with Gasteiger partial charge in [0, 0.05) is 6.20 Å². The second-order valence-corrected chi connectivity index (χ2v) is 3.69. The number of aromatic nitrogens is 1. The first-order valence-corrected chi connectivity index (χ1v) is 4.65. The summed E-state index contributed by atoms with van der Waals surface area (Å²) in [5.41, 5.74) is 1.29. The van der Waals surface area contributed by atoms with Gasteiger partial charge < -0.3 is 5.11 Å². The van der Waals surface area contributed by atoms with Crippen LogP contribution < -0.4 is 0 Å². The van der Waals surface area contributed by atoms with Crippen LogP contribution in [0.2, 0.25) is 0 Å². The quantitative estimate of drug-likeness (QED) is 0.856. The summed E-state index contributed by atoms with van der Waals surface area (Å²) in [6, 6.07) is 3.76. The normalized spacial score (nSPS) is 12.2. The number of hydrogen-bond donors (Lipinski definition) is 1. The molecule has 1 heterocycles. The van der Waals surface area contributed by atoms with Gasteiger partial charge in [0.1, 0.15) is 6.07 Å². The smallest absolute Gasteiger partial charge is 0.154 e. The fourth-order valence-corrected chi connectivity index (χ4v) is 1.50. The van der Waals surface area contributed by atoms with Gasteiger partial charge in [0.05, 0.1) is 10.6 Å². The number of nitrogens with zero attached hydrogens (tertiary/aromatic N) is 2. The van der Waals surface area contributed by atoms with Gasteiger partial charge in [-0.25, -0.2) is 4.98 Å². The first-order valence-electron chi connectivity index (χ1n) is 3.86. The van der Waals surface area contributed by atoms with Crippen molar-refractivity contribution in [2.24, 2.45) is 0 Å². The Kier molecular flexibility index (Phi) is 3.40. The molecule has 0 bridgehead atoms. The van der Waals surface area contributed by atoms with Crippen LogP contribution in [-0.2, 0) is 6.42 Å². The Morgan fingerprint density at radius 3 is 2.92 bits per heavy atom. The first kappa shape index (κ1) is 10.2. The minimum Gasteiger partial charge on any atom is -0.393 e. The Morgan fingerprint density at radius 2 is 2.46 bits per heavy atom. The highest BCUT2D eigenvalue weighted by Gasteiger charge is 2.04. The monoisotopic (exact) mass is 240 g/mol. The number of nitriles is 1. The molecule has 4 heteroatoms. The van der Waals surface area contributed by atoms with Crippen LogP contribution in [0.25, 0.3) is 0 Å². The molecule has 3 nitrogen and oxygen atoms in total. The van der Waals surface area contributed by atoms with E-state index in [1.54, 1.807) is 19.2 Å². The van der Waals surface area contributed by atoms with E-state index in [0.717, 1.165) is 5.56 Å². The highest BCUT2D eigenvalue weighted by atomic mass is 79.9. The van der Waals surface area contributed by atoms with Crippen LogP contribution in [0.1, 0.15) is 18.2 Å². The number of pyridine rings is 1. The van der Waals surface area contributed by atoms with Crippen LogP contribution in [0.3, 0.4) is 0 Å². The summed E-state index contributed by atoms with van der Waals surface area (Å²) in [6.07, 6.45) is 1.77. The second kappa shape index (κ2) is 4.35. The van der Waals surface area contributed by atoms with Gasteiger partial charge >= 0.3 is 0 Å². The van der Waals surface area contributed by atoms with Crippen molar-refractivity contribution in [3.63, 3.8) is 0 Å². The molecule has 0 fully saturated rings. The Labute approximate surface area is 85.2 Å². The Bertz CT molecular complexity index is 344. The van der Waals surface area contributed by atoms with Gasteiger partial charge in [-0.15, -0.1) is 0 Å². The first-order chi connectivity index (χ1) is 6.13. The van der Waals surface area contributed by atoms with Gasteiger partial charge in [0.15, 0.2) is 5.69 Å². The average Bonchev–Trinajstić information content (AvgIpc) is 2.03. The maximum atomic E-state index is 9.12. The topological polar surface area (TPSA) is 56.9 Å². The van der Waals surface area contributed by atoms with Gasteiger partial charge in [0.2, 0.25) is 0 Å². The summed E-state index contributed by atoms with van der Waals surface area (Å²) in [5, 5.41) is 17.7. The lowest BCUT2D eigenvalue weighted by atomic mass is 10.1. The van der Waals surface area contributed by atoms with Crippen molar-refractivity contribution in [1.82, 2.24) is 4.98 Å². The molecule has 0 aliphatic heterocycles. The van der Waals surface area contributed by atoms with E-state index in [0.29, 0.717) is 16.6 Å². The van der Waals surface area contributed by atoms with E-state index in [4.69, 9.17) is 10.4 Å². The molecular formula is C9H9BrN2O. The van der Waals surface area contributed by atoms with Gasteiger partial charge in [-0.05, 0) is 40.9 Å². The lowest BCUT2D eigenvalue weighted by molar-refractivity contribution is 0.195. The number of aliphatic hydroxyl groups excluding tert-OH is 1. The van der Waals surface area contributed by atoms with Crippen molar-refractivity contribution >= 4 is 15.9 Å². The lowest BCUT2D eigenvalue weighted by Gasteiger charge is -2.04. The molecular weight excluding hydrogens is 232 g/mol. The lowest BCUT2D eigenvalue weighted by Crippen LogP contribution is -2.04. The molecule has 1 unspecified atom stereocenters. The van der Waals surface area contributed by atoms with Crippen molar-refractivity contribution in [3.05, 3.63) is 28.0 Å². The summed E-state index contributed by atoms with van der Waals surface area (Å²) >= 11 is 3.23. The molecule has 0 amide bonds. The SMILES string of the molecule is CC(O)Cc1cnc(C#N)c(Br)c1. The minimum atomic E-state index is -0.387. The van der Waals surface area contributed by atoms with Crippen LogP contribution in [0.4, 0.5) is 0 Å². The van der Waals surface area contributed by atoms with Crippen molar-refractivity contribution < 1.29 is 5.11 Å². The van der Waals surface area contributed by atoms with Crippen LogP contribution >= 0.6 is 15.9 Å². The third-order valence-corrected chi connectivity index (χ3v) is 2.14. The highest BCUT2D eigenvalue weighted by molar-refractivity contribution is 9.10. The number of hydrogen-bond acceptors (Lipinski definition) is 3. The van der Waals surface area contributed by atoms with E-state index in [1.165, 1.54) is 0 Å². The van der Waals surface area contributed by atoms with Crippen LogP contribution in [-0.4, -0.2) is 16.2 Å². The van der Waals surface area contributed by atoms with Crippen molar-refractivity contribution in [2.75, 3.05) is 0 Å². The predicted molar refractivity (Wildman–Crippen MR) is 52.0 cm³/mol. The molecule has 0 aromatic carbocycles. The third kappa shape index (κ3) is 2.79. The molecule has 13 heavy (non-hydrogen) atoms. The Hall–Kier alpha value is -0.920. The molecule has 0 saturated heterocycles. The summed E-state index contributed by atoms with van der Waals surface area (Å²) in [5.74, 6) is 0. The second-order valence-electron chi connectivity index (χ2n) is 2.84. The summed E-state index contributed by atoms with van der Waals surface area (Å²) in [4.78, 5) is 3.93. The maximum absolute atomic E-state index is 9.12. The number of rotatable bonds is 2. The van der Waals surface area contributed by atoms with E-state index in [-0.39, 0.29) is 6.10 Å². The molecule has 1 rings (SSSR count). The summed E-state index contributed by atoms with van der Waals surface area (Å²) in [7, 11) is 0. The molecule has 0 radical (unpaired) electrons. The molecule has 1 aromatic rings. The zero-order valence-electron chi connectivity index (χ0n) is 7.16. The van der Waals surface area contributed by atoms with Crippen molar-refractivity contribution in [2.45, 2.75) is 19.4 Å². The molecule has 0 spiro atoms. The zero-order valence-corrected chi connectivity index (χ0v) is 8.74. The number of halogens is 1. The van der Waals surface area contributed by atoms with Gasteiger partial charge in [0.25, 0.3) is 0 Å². The van der Waals surface area contributed by atoms with Crippen molar-refractivity contribution in [3.8, 4) is 6.07 Å². The maximum Gasteiger partial charge on any atom is 0.154 e. The molecule has 68 valence electrons. The zero-order chi connectivity index (χ0) is 9.84. The van der Waals surface area contributed by atoms with E-state index in [2.05, 4.69) is 20.9 Å². The Balaban J connectivity index is 2.91. The van der Waals surface area contributed by atoms with Crippen LogP contribution in [0.5, 0.6) is 0 Å². The highest BCUT2D eigenvalue weighted by Crippen LogP contribution is 2.16. The third-order valence-electron chi connectivity index (χ3n) is 1.53. The van der Waals surface area contributed by atoms with Crippen LogP contribution in [0, 0.1) is 11.3 Å². The predicted octanol–water partition coefficient (Wildman–Crippen LogP) is 1.64. The van der Waals surface area contributed by atoms with Crippen LogP contribution in [0.15, 0.2) is 16.7 Å². The van der Waals surface area contributed by atoms with E-state index < -0.39 is 0 Å². The molecule has 1 atom stereocenters. The molecule has 1 N–H and O–H groups in total. The largest absolute Gasteiger partial charge is 0.393 e. The molecule has 0 aliphatic carbocycles. The van der Waals surface area contributed by atoms with E-state index in [1.807, 2.05) is 6.07 Å².